The molecule has 1 aliphatic heterocycles. The minimum Gasteiger partial charge on any atom is -0.480 e. The van der Waals surface area contributed by atoms with Gasteiger partial charge in [-0.05, 0) is 47.4 Å². The van der Waals surface area contributed by atoms with Crippen molar-refractivity contribution in [2.75, 3.05) is 6.54 Å². The highest BCUT2D eigenvalue weighted by Crippen LogP contribution is 2.35. The molecule has 11 heteroatoms. The number of thiophene rings is 1. The summed E-state index contributed by atoms with van der Waals surface area (Å²) in [6.07, 6.45) is 3.46. The number of fused-ring (bicyclic) bond motifs is 3. The van der Waals surface area contributed by atoms with Gasteiger partial charge in [-0.25, -0.2) is 9.20 Å². The number of carboxylic acid groups (broad SMARTS) is 1. The Labute approximate surface area is 223 Å². The summed E-state index contributed by atoms with van der Waals surface area (Å²) in [5, 5.41) is 15.5. The minimum atomic E-state index is -1.11. The van der Waals surface area contributed by atoms with E-state index in [9.17, 15) is 14.4 Å². The molecule has 8 nitrogen and oxygen atoms in total. The fourth-order valence-electron chi connectivity index (χ4n) is 4.12. The number of benzene rings is 2. The lowest BCUT2D eigenvalue weighted by Crippen LogP contribution is -2.33. The molecule has 6 rings (SSSR count). The average Bonchev–Trinajstić information content (AvgIpc) is 3.57. The summed E-state index contributed by atoms with van der Waals surface area (Å²) < 4.78 is 3.17. The molecular weight excluding hydrogens is 529 g/mol. The van der Waals surface area contributed by atoms with Crippen LogP contribution in [0.5, 0.6) is 0 Å². The number of thiocarbonyl (C=S) groups is 1. The summed E-state index contributed by atoms with van der Waals surface area (Å²) >= 11 is 7.74. The smallest absolute Gasteiger partial charge is 0.355 e. The second kappa shape index (κ2) is 9.11. The number of rotatable bonds is 5. The van der Waals surface area contributed by atoms with Gasteiger partial charge in [-0.2, -0.15) is 4.68 Å². The maximum Gasteiger partial charge on any atom is 0.355 e. The second-order valence-electron chi connectivity index (χ2n) is 8.20. The van der Waals surface area contributed by atoms with E-state index < -0.39 is 18.4 Å². The first-order valence-electron chi connectivity index (χ1n) is 11.1. The van der Waals surface area contributed by atoms with Gasteiger partial charge in [0, 0.05) is 21.3 Å². The highest BCUT2D eigenvalue weighted by atomic mass is 32.2. The molecule has 1 N–H and O–H groups in total. The predicted octanol–water partition coefficient (Wildman–Crippen LogP) is 4.65. The Balaban J connectivity index is 1.27. The first-order chi connectivity index (χ1) is 17.9. The number of carbonyl (C=O) groups excluding carboxylic acids is 1. The number of carbonyl (C=O) groups is 2. The molecule has 3 aromatic heterocycles. The number of amides is 1. The van der Waals surface area contributed by atoms with Crippen molar-refractivity contribution in [3.05, 3.63) is 93.2 Å². The Bertz CT molecular complexity index is 1830. The van der Waals surface area contributed by atoms with E-state index in [0.29, 0.717) is 16.2 Å². The lowest BCUT2D eigenvalue weighted by Gasteiger charge is -2.09. The van der Waals surface area contributed by atoms with Gasteiger partial charge < -0.3 is 5.11 Å². The van der Waals surface area contributed by atoms with Crippen molar-refractivity contribution in [1.82, 2.24) is 19.1 Å². The Morgan fingerprint density at radius 1 is 1.03 bits per heavy atom. The predicted molar refractivity (Wildman–Crippen MR) is 149 cm³/mol. The zero-order valence-corrected chi connectivity index (χ0v) is 21.3. The molecule has 1 amide bonds. The van der Waals surface area contributed by atoms with Gasteiger partial charge in [0.25, 0.3) is 5.91 Å². The van der Waals surface area contributed by atoms with Crippen molar-refractivity contribution in [1.29, 1.82) is 0 Å². The number of thioether (sulfide) groups is 1. The third-order valence-corrected chi connectivity index (χ3v) is 8.34. The molecule has 0 radical (unpaired) electrons. The molecule has 4 heterocycles. The van der Waals surface area contributed by atoms with Gasteiger partial charge in [-0.15, -0.1) is 16.4 Å². The largest absolute Gasteiger partial charge is 0.480 e. The molecule has 0 bridgehead atoms. The number of aliphatic carboxylic acids is 1. The van der Waals surface area contributed by atoms with Crippen LogP contribution in [0.15, 0.2) is 82.6 Å². The quantitative estimate of drug-likeness (QED) is 0.254. The van der Waals surface area contributed by atoms with Crippen LogP contribution in [0.1, 0.15) is 4.88 Å². The summed E-state index contributed by atoms with van der Waals surface area (Å²) in [6.45, 7) is -0.449. The van der Waals surface area contributed by atoms with Crippen molar-refractivity contribution < 1.29 is 14.7 Å². The molecule has 0 aliphatic carbocycles. The van der Waals surface area contributed by atoms with Gasteiger partial charge in [-0.1, -0.05) is 60.4 Å². The highest BCUT2D eigenvalue weighted by molar-refractivity contribution is 8.26. The number of aromatic nitrogens is 3. The molecule has 0 atom stereocenters. The average molecular weight is 545 g/mol. The van der Waals surface area contributed by atoms with E-state index in [2.05, 4.69) is 5.10 Å². The summed E-state index contributed by atoms with van der Waals surface area (Å²) in [6, 6.07) is 21.1. The molecule has 1 fully saturated rings. The molecule has 182 valence electrons. The van der Waals surface area contributed by atoms with Crippen LogP contribution in [0.3, 0.4) is 0 Å². The lowest BCUT2D eigenvalue weighted by molar-refractivity contribution is -0.140. The van der Waals surface area contributed by atoms with E-state index in [4.69, 9.17) is 17.3 Å². The first-order valence-corrected chi connectivity index (χ1v) is 13.1. The van der Waals surface area contributed by atoms with Crippen molar-refractivity contribution >= 4 is 74.0 Å². The normalized spacial score (nSPS) is 14.9. The Hall–Kier alpha value is -4.06. The monoisotopic (exact) mass is 544 g/mol. The van der Waals surface area contributed by atoms with Gasteiger partial charge >= 0.3 is 11.7 Å². The standard InChI is InChI=1S/C26H16N4O4S3/c31-22(32)14-29-24(33)21(37-26(29)35)13-18-9-10-20(36-18)16-5-7-17(8-6-16)30-25(34)28-12-11-15-3-1-2-4-19(15)23(28)27-30/h1-13H,14H2,(H,31,32)/b21-13-. The van der Waals surface area contributed by atoms with Gasteiger partial charge in [0.15, 0.2) is 5.65 Å². The topological polar surface area (TPSA) is 96.9 Å². The van der Waals surface area contributed by atoms with Gasteiger partial charge in [0.2, 0.25) is 0 Å². The zero-order valence-electron chi connectivity index (χ0n) is 18.9. The highest BCUT2D eigenvalue weighted by Gasteiger charge is 2.33. The van der Waals surface area contributed by atoms with Crippen molar-refractivity contribution in [2.45, 2.75) is 0 Å². The van der Waals surface area contributed by atoms with Crippen molar-refractivity contribution in [2.24, 2.45) is 0 Å². The van der Waals surface area contributed by atoms with E-state index >= 15 is 0 Å². The molecule has 0 spiro atoms. The molecule has 1 aliphatic rings. The summed E-state index contributed by atoms with van der Waals surface area (Å²) in [5.41, 5.74) is 1.96. The van der Waals surface area contributed by atoms with Crippen molar-refractivity contribution in [3.63, 3.8) is 0 Å². The zero-order chi connectivity index (χ0) is 25.7. The molecule has 5 aromatic rings. The SMILES string of the molecule is O=C(O)CN1C(=O)/C(=C/c2ccc(-c3ccc(-n4nc5c6ccccc6ccn5c4=O)cc3)s2)SC1=S. The van der Waals surface area contributed by atoms with E-state index in [1.54, 1.807) is 16.7 Å². The van der Waals surface area contributed by atoms with Crippen LogP contribution in [0.2, 0.25) is 0 Å². The minimum absolute atomic E-state index is 0.237. The third-order valence-electron chi connectivity index (χ3n) is 5.88. The molecular formula is C26H16N4O4S3. The van der Waals surface area contributed by atoms with Crippen LogP contribution < -0.4 is 5.69 Å². The Kier molecular flexibility index (Phi) is 5.75. The fraction of sp³-hybridized carbons (Fsp3) is 0.0385. The van der Waals surface area contributed by atoms with Crippen LogP contribution in [0.25, 0.3) is 38.6 Å². The summed E-state index contributed by atoms with van der Waals surface area (Å²) in [4.78, 5) is 39.8. The molecule has 37 heavy (non-hydrogen) atoms. The van der Waals surface area contributed by atoms with Crippen molar-refractivity contribution in [3.8, 4) is 16.1 Å². The Morgan fingerprint density at radius 3 is 2.59 bits per heavy atom. The molecule has 0 saturated carbocycles. The summed E-state index contributed by atoms with van der Waals surface area (Å²) in [5.74, 6) is -1.51. The maximum absolute atomic E-state index is 13.0. The molecule has 0 unspecified atom stereocenters. The number of hydrogen-bond donors (Lipinski definition) is 1. The third kappa shape index (κ3) is 4.16. The van der Waals surface area contributed by atoms with E-state index in [0.717, 1.165) is 42.8 Å². The van der Waals surface area contributed by atoms with E-state index in [1.165, 1.54) is 16.0 Å². The fourth-order valence-corrected chi connectivity index (χ4v) is 6.40. The first kappa shape index (κ1) is 23.3. The van der Waals surface area contributed by atoms with E-state index in [1.807, 2.05) is 66.7 Å². The van der Waals surface area contributed by atoms with Crippen LogP contribution in [0, 0.1) is 0 Å². The molecule has 2 aromatic carbocycles. The number of carboxylic acids is 1. The molecule has 1 saturated heterocycles. The van der Waals surface area contributed by atoms with Gasteiger partial charge in [0.1, 0.15) is 10.9 Å². The van der Waals surface area contributed by atoms with Gasteiger partial charge in [0.05, 0.1) is 10.6 Å². The second-order valence-corrected chi connectivity index (χ2v) is 11.0. The van der Waals surface area contributed by atoms with Crippen LogP contribution in [0.4, 0.5) is 0 Å². The van der Waals surface area contributed by atoms with Crippen LogP contribution >= 0.6 is 35.3 Å². The maximum atomic E-state index is 13.0. The van der Waals surface area contributed by atoms with E-state index in [-0.39, 0.29) is 10.0 Å². The Morgan fingerprint density at radius 2 is 1.81 bits per heavy atom. The van der Waals surface area contributed by atoms with Crippen LogP contribution in [-0.2, 0) is 9.59 Å². The number of pyridine rings is 1. The number of nitrogens with zero attached hydrogens (tertiary/aromatic N) is 4. The van der Waals surface area contributed by atoms with Gasteiger partial charge in [-0.3, -0.25) is 14.5 Å². The number of hydrogen-bond acceptors (Lipinski definition) is 7. The van der Waals surface area contributed by atoms with Crippen LogP contribution in [-0.4, -0.2) is 46.9 Å². The lowest BCUT2D eigenvalue weighted by atomic mass is 10.2. The summed E-state index contributed by atoms with van der Waals surface area (Å²) in [7, 11) is 0.